The summed E-state index contributed by atoms with van der Waals surface area (Å²) in [6.07, 6.45) is 2.77. The third-order valence-corrected chi connectivity index (χ3v) is 6.50. The zero-order valence-corrected chi connectivity index (χ0v) is 20.4. The van der Waals surface area contributed by atoms with Gasteiger partial charge >= 0.3 is 0 Å². The molecule has 168 valence electrons. The van der Waals surface area contributed by atoms with E-state index in [0.29, 0.717) is 35.2 Å². The maximum atomic E-state index is 13.2. The predicted molar refractivity (Wildman–Crippen MR) is 131 cm³/mol. The number of hydrogen-bond donors (Lipinski definition) is 1. The number of halogens is 2. The van der Waals surface area contributed by atoms with E-state index in [9.17, 15) is 9.59 Å². The number of carbonyl (C=O) groups is 2. The SMILES string of the molecule is CCCCNC(=O)C(CC)N(Cc1ccc(Cl)cc1Cl)C(=O)CCSc1ccccc1. The summed E-state index contributed by atoms with van der Waals surface area (Å²) >= 11 is 14.0. The number of amides is 2. The Labute approximate surface area is 199 Å². The van der Waals surface area contributed by atoms with Gasteiger partial charge in [0.05, 0.1) is 0 Å². The Kier molecular flexibility index (Phi) is 11.3. The highest BCUT2D eigenvalue weighted by Gasteiger charge is 2.28. The molecule has 0 aliphatic heterocycles. The number of rotatable bonds is 12. The minimum atomic E-state index is -0.544. The van der Waals surface area contributed by atoms with Gasteiger partial charge in [-0.1, -0.05) is 67.7 Å². The number of benzene rings is 2. The Bertz CT molecular complexity index is 849. The first-order valence-electron chi connectivity index (χ1n) is 10.6. The van der Waals surface area contributed by atoms with Gasteiger partial charge in [-0.3, -0.25) is 9.59 Å². The highest BCUT2D eigenvalue weighted by molar-refractivity contribution is 7.99. The standard InChI is InChI=1S/C24H30Cl2N2O2S/c1-3-5-14-27-24(30)22(4-2)28(17-18-11-12-19(25)16-21(18)26)23(29)13-15-31-20-9-7-6-8-10-20/h6-12,16,22H,3-5,13-15,17H2,1-2H3,(H,27,30). The van der Waals surface area contributed by atoms with Crippen LogP contribution in [0.15, 0.2) is 53.4 Å². The number of unbranched alkanes of at least 4 members (excludes halogenated alkanes) is 1. The van der Waals surface area contributed by atoms with E-state index >= 15 is 0 Å². The lowest BCUT2D eigenvalue weighted by Gasteiger charge is -2.31. The Morgan fingerprint density at radius 2 is 1.84 bits per heavy atom. The Balaban J connectivity index is 2.14. The predicted octanol–water partition coefficient (Wildman–Crippen LogP) is 6.20. The van der Waals surface area contributed by atoms with Crippen LogP contribution >= 0.6 is 35.0 Å². The summed E-state index contributed by atoms with van der Waals surface area (Å²) in [5, 5.41) is 4.00. The molecular weight excluding hydrogens is 451 g/mol. The molecule has 0 spiro atoms. The molecule has 0 fully saturated rings. The zero-order valence-electron chi connectivity index (χ0n) is 18.1. The van der Waals surface area contributed by atoms with E-state index in [1.165, 1.54) is 0 Å². The molecule has 2 rings (SSSR count). The lowest BCUT2D eigenvalue weighted by molar-refractivity contribution is -0.141. The molecule has 0 aliphatic carbocycles. The second-order valence-electron chi connectivity index (χ2n) is 7.24. The van der Waals surface area contributed by atoms with Crippen molar-refractivity contribution in [3.63, 3.8) is 0 Å². The summed E-state index contributed by atoms with van der Waals surface area (Å²) in [4.78, 5) is 28.8. The van der Waals surface area contributed by atoms with Gasteiger partial charge in [0.2, 0.25) is 11.8 Å². The molecule has 1 N–H and O–H groups in total. The van der Waals surface area contributed by atoms with Gasteiger partial charge in [-0.05, 0) is 42.7 Å². The van der Waals surface area contributed by atoms with Gasteiger partial charge in [0, 0.05) is 40.2 Å². The van der Waals surface area contributed by atoms with Gasteiger partial charge in [-0.2, -0.15) is 0 Å². The first kappa shape index (κ1) is 25.6. The highest BCUT2D eigenvalue weighted by atomic mass is 35.5. The summed E-state index contributed by atoms with van der Waals surface area (Å²) in [6.45, 7) is 4.88. The fourth-order valence-corrected chi connectivity index (χ4v) is 4.51. The van der Waals surface area contributed by atoms with Crippen LogP contribution in [0.3, 0.4) is 0 Å². The summed E-state index contributed by atoms with van der Waals surface area (Å²) < 4.78 is 0. The molecule has 1 atom stereocenters. The average molecular weight is 481 g/mol. The first-order valence-corrected chi connectivity index (χ1v) is 12.4. The Hall–Kier alpha value is -1.69. The van der Waals surface area contributed by atoms with Crippen LogP contribution in [0.1, 0.15) is 45.1 Å². The maximum absolute atomic E-state index is 13.2. The monoisotopic (exact) mass is 480 g/mol. The molecule has 0 radical (unpaired) electrons. The minimum absolute atomic E-state index is 0.0630. The van der Waals surface area contributed by atoms with Gasteiger partial charge in [-0.15, -0.1) is 11.8 Å². The average Bonchev–Trinajstić information content (AvgIpc) is 2.76. The van der Waals surface area contributed by atoms with Gasteiger partial charge in [-0.25, -0.2) is 0 Å². The molecule has 2 aromatic carbocycles. The van der Waals surface area contributed by atoms with Crippen molar-refractivity contribution in [1.29, 1.82) is 0 Å². The van der Waals surface area contributed by atoms with E-state index in [-0.39, 0.29) is 18.4 Å². The minimum Gasteiger partial charge on any atom is -0.354 e. The van der Waals surface area contributed by atoms with Crippen molar-refractivity contribution in [2.24, 2.45) is 0 Å². The van der Waals surface area contributed by atoms with E-state index < -0.39 is 6.04 Å². The molecular formula is C24H30Cl2N2O2S. The fourth-order valence-electron chi connectivity index (χ4n) is 3.18. The van der Waals surface area contributed by atoms with Crippen molar-refractivity contribution in [2.45, 2.75) is 57.0 Å². The number of hydrogen-bond acceptors (Lipinski definition) is 3. The van der Waals surface area contributed by atoms with E-state index in [1.54, 1.807) is 28.8 Å². The van der Waals surface area contributed by atoms with Crippen LogP contribution in [0.2, 0.25) is 10.0 Å². The molecule has 0 heterocycles. The van der Waals surface area contributed by atoms with Gasteiger partial charge in [0.15, 0.2) is 0 Å². The van der Waals surface area contributed by atoms with Crippen LogP contribution in [-0.2, 0) is 16.1 Å². The molecule has 0 aliphatic rings. The molecule has 0 aromatic heterocycles. The maximum Gasteiger partial charge on any atom is 0.242 e. The van der Waals surface area contributed by atoms with Crippen LogP contribution in [0.5, 0.6) is 0 Å². The normalized spacial score (nSPS) is 11.7. The molecule has 2 aromatic rings. The van der Waals surface area contributed by atoms with Gasteiger partial charge in [0.1, 0.15) is 6.04 Å². The van der Waals surface area contributed by atoms with E-state index in [1.807, 2.05) is 43.3 Å². The molecule has 31 heavy (non-hydrogen) atoms. The van der Waals surface area contributed by atoms with Gasteiger partial charge in [0.25, 0.3) is 0 Å². The fraction of sp³-hybridized carbons (Fsp3) is 0.417. The molecule has 0 bridgehead atoms. The molecule has 7 heteroatoms. The highest BCUT2D eigenvalue weighted by Crippen LogP contribution is 2.25. The summed E-state index contributed by atoms with van der Waals surface area (Å²) in [7, 11) is 0. The van der Waals surface area contributed by atoms with Crippen LogP contribution in [0.25, 0.3) is 0 Å². The van der Waals surface area contributed by atoms with Crippen LogP contribution in [0.4, 0.5) is 0 Å². The molecule has 1 unspecified atom stereocenters. The van der Waals surface area contributed by atoms with Crippen molar-refractivity contribution in [2.75, 3.05) is 12.3 Å². The largest absolute Gasteiger partial charge is 0.354 e. The third kappa shape index (κ3) is 8.40. The van der Waals surface area contributed by atoms with Crippen molar-refractivity contribution in [3.8, 4) is 0 Å². The van der Waals surface area contributed by atoms with E-state index in [4.69, 9.17) is 23.2 Å². The number of nitrogens with one attached hydrogen (secondary N) is 1. The smallest absolute Gasteiger partial charge is 0.242 e. The summed E-state index contributed by atoms with van der Waals surface area (Å²) in [5.41, 5.74) is 0.773. The van der Waals surface area contributed by atoms with Crippen molar-refractivity contribution in [3.05, 3.63) is 64.1 Å². The lowest BCUT2D eigenvalue weighted by atomic mass is 10.1. The van der Waals surface area contributed by atoms with Crippen molar-refractivity contribution >= 4 is 46.8 Å². The third-order valence-electron chi connectivity index (χ3n) is 4.90. The summed E-state index contributed by atoms with van der Waals surface area (Å²) in [5.74, 6) is 0.457. The molecule has 0 saturated carbocycles. The van der Waals surface area contributed by atoms with Crippen LogP contribution < -0.4 is 5.32 Å². The van der Waals surface area contributed by atoms with E-state index in [0.717, 1.165) is 23.3 Å². The molecule has 4 nitrogen and oxygen atoms in total. The van der Waals surface area contributed by atoms with Crippen molar-refractivity contribution in [1.82, 2.24) is 10.2 Å². The van der Waals surface area contributed by atoms with Crippen molar-refractivity contribution < 1.29 is 9.59 Å². The topological polar surface area (TPSA) is 49.4 Å². The number of carbonyl (C=O) groups excluding carboxylic acids is 2. The lowest BCUT2D eigenvalue weighted by Crippen LogP contribution is -2.49. The zero-order chi connectivity index (χ0) is 22.6. The second kappa shape index (κ2) is 13.7. The number of thioether (sulfide) groups is 1. The van der Waals surface area contributed by atoms with Crippen LogP contribution in [-0.4, -0.2) is 35.1 Å². The van der Waals surface area contributed by atoms with E-state index in [2.05, 4.69) is 12.2 Å². The Morgan fingerprint density at radius 1 is 1.10 bits per heavy atom. The summed E-state index contributed by atoms with van der Waals surface area (Å²) in [6, 6.07) is 14.7. The molecule has 2 amide bonds. The van der Waals surface area contributed by atoms with Gasteiger partial charge < -0.3 is 10.2 Å². The molecule has 0 saturated heterocycles. The number of nitrogens with zero attached hydrogens (tertiary/aromatic N) is 1. The van der Waals surface area contributed by atoms with Crippen LogP contribution in [0, 0.1) is 0 Å². The first-order chi connectivity index (χ1) is 15.0. The Morgan fingerprint density at radius 3 is 2.48 bits per heavy atom. The quantitative estimate of drug-likeness (QED) is 0.290. The second-order valence-corrected chi connectivity index (χ2v) is 9.25.